The maximum Gasteiger partial charge on any atom is 0.341 e. The van der Waals surface area contributed by atoms with Crippen LogP contribution in [0.2, 0.25) is 10.3 Å². The summed E-state index contributed by atoms with van der Waals surface area (Å²) in [6.07, 6.45) is 3.94. The van der Waals surface area contributed by atoms with Crippen LogP contribution in [0, 0.1) is 5.92 Å². The molecule has 0 radical (unpaired) electrons. The van der Waals surface area contributed by atoms with Crippen molar-refractivity contribution in [3.63, 3.8) is 0 Å². The summed E-state index contributed by atoms with van der Waals surface area (Å²) in [5.41, 5.74) is 0.176. The van der Waals surface area contributed by atoms with E-state index in [2.05, 4.69) is 17.1 Å². The highest BCUT2D eigenvalue weighted by Crippen LogP contribution is 2.27. The van der Waals surface area contributed by atoms with Crippen molar-refractivity contribution >= 4 is 29.2 Å². The minimum Gasteiger partial charge on any atom is -0.459 e. The van der Waals surface area contributed by atoms with Crippen LogP contribution in [-0.2, 0) is 4.74 Å². The quantitative estimate of drug-likeness (QED) is 0.782. The lowest BCUT2D eigenvalue weighted by molar-refractivity contribution is 0.0173. The number of hydrogen-bond donors (Lipinski definition) is 0. The Morgan fingerprint density at radius 3 is 2.61 bits per heavy atom. The van der Waals surface area contributed by atoms with Crippen LogP contribution < -0.4 is 0 Å². The van der Waals surface area contributed by atoms with Crippen molar-refractivity contribution in [1.29, 1.82) is 0 Å². The van der Waals surface area contributed by atoms with Gasteiger partial charge in [0, 0.05) is 0 Å². The van der Waals surface area contributed by atoms with E-state index in [0.717, 1.165) is 25.7 Å². The lowest BCUT2D eigenvalue weighted by Crippen LogP contribution is -2.24. The standard InChI is InChI=1S/C12H14Cl2N2O2/c1-7-2-4-8(5-3-7)18-12(17)9-6-10(13)15-16-11(9)14/h6-8H,2-5H2,1H3. The predicted octanol–water partition coefficient (Wildman–Crippen LogP) is 3.52. The zero-order valence-electron chi connectivity index (χ0n) is 10.0. The highest BCUT2D eigenvalue weighted by Gasteiger charge is 2.23. The fraction of sp³-hybridized carbons (Fsp3) is 0.583. The molecule has 6 heteroatoms. The number of esters is 1. The third-order valence-corrected chi connectivity index (χ3v) is 3.64. The average Bonchev–Trinajstić information content (AvgIpc) is 2.35. The van der Waals surface area contributed by atoms with E-state index in [1.807, 2.05) is 0 Å². The van der Waals surface area contributed by atoms with E-state index in [0.29, 0.717) is 5.92 Å². The second kappa shape index (κ2) is 5.85. The van der Waals surface area contributed by atoms with Gasteiger partial charge in [-0.25, -0.2) is 4.79 Å². The number of rotatable bonds is 2. The molecule has 98 valence electrons. The van der Waals surface area contributed by atoms with Crippen LogP contribution >= 0.6 is 23.2 Å². The smallest absolute Gasteiger partial charge is 0.341 e. The molecule has 0 atom stereocenters. The van der Waals surface area contributed by atoms with Crippen LogP contribution in [-0.4, -0.2) is 22.3 Å². The largest absolute Gasteiger partial charge is 0.459 e. The van der Waals surface area contributed by atoms with Crippen molar-refractivity contribution in [2.45, 2.75) is 38.7 Å². The summed E-state index contributed by atoms with van der Waals surface area (Å²) in [5.74, 6) is 0.233. The minimum absolute atomic E-state index is 0.0218. The van der Waals surface area contributed by atoms with Gasteiger partial charge < -0.3 is 4.74 Å². The Balaban J connectivity index is 2.01. The molecule has 1 aromatic heterocycles. The van der Waals surface area contributed by atoms with Crippen molar-refractivity contribution in [1.82, 2.24) is 10.2 Å². The van der Waals surface area contributed by atoms with Gasteiger partial charge in [0.15, 0.2) is 10.3 Å². The van der Waals surface area contributed by atoms with Gasteiger partial charge in [0.1, 0.15) is 11.7 Å². The number of ether oxygens (including phenoxy) is 1. The summed E-state index contributed by atoms with van der Waals surface area (Å²) in [6, 6.07) is 1.38. The first kappa shape index (κ1) is 13.6. The van der Waals surface area contributed by atoms with Crippen molar-refractivity contribution < 1.29 is 9.53 Å². The van der Waals surface area contributed by atoms with E-state index in [1.54, 1.807) is 0 Å². The molecule has 0 saturated heterocycles. The average molecular weight is 289 g/mol. The SMILES string of the molecule is CC1CCC(OC(=O)c2cc(Cl)nnc2Cl)CC1. The van der Waals surface area contributed by atoms with Gasteiger partial charge in [0.25, 0.3) is 0 Å². The molecule has 0 bridgehead atoms. The highest BCUT2D eigenvalue weighted by atomic mass is 35.5. The molecule has 1 fully saturated rings. The van der Waals surface area contributed by atoms with Crippen LogP contribution in [0.15, 0.2) is 6.07 Å². The molecule has 1 saturated carbocycles. The third-order valence-electron chi connectivity index (χ3n) is 3.18. The topological polar surface area (TPSA) is 52.1 Å². The molecule has 2 rings (SSSR count). The van der Waals surface area contributed by atoms with E-state index in [9.17, 15) is 4.79 Å². The number of halogens is 2. The molecule has 0 spiro atoms. The predicted molar refractivity (Wildman–Crippen MR) is 68.9 cm³/mol. The second-order valence-electron chi connectivity index (χ2n) is 4.66. The summed E-state index contributed by atoms with van der Waals surface area (Å²) in [5, 5.41) is 7.29. The van der Waals surface area contributed by atoms with E-state index in [1.165, 1.54) is 6.07 Å². The molecule has 0 N–H and O–H groups in total. The van der Waals surface area contributed by atoms with Gasteiger partial charge in [-0.3, -0.25) is 0 Å². The molecule has 0 aromatic carbocycles. The van der Waals surface area contributed by atoms with Gasteiger partial charge in [-0.2, -0.15) is 0 Å². The van der Waals surface area contributed by atoms with Crippen molar-refractivity contribution in [3.8, 4) is 0 Å². The molecule has 1 aliphatic carbocycles. The third kappa shape index (κ3) is 3.33. The fourth-order valence-corrected chi connectivity index (χ4v) is 2.37. The van der Waals surface area contributed by atoms with Gasteiger partial charge in [0.05, 0.1) is 0 Å². The molecule has 1 heterocycles. The second-order valence-corrected chi connectivity index (χ2v) is 5.40. The molecule has 4 nitrogen and oxygen atoms in total. The van der Waals surface area contributed by atoms with Gasteiger partial charge in [-0.15, -0.1) is 10.2 Å². The van der Waals surface area contributed by atoms with E-state index in [4.69, 9.17) is 27.9 Å². The van der Waals surface area contributed by atoms with Crippen molar-refractivity contribution in [2.24, 2.45) is 5.92 Å². The Hall–Kier alpha value is -0.870. The van der Waals surface area contributed by atoms with Crippen molar-refractivity contribution in [2.75, 3.05) is 0 Å². The Morgan fingerprint density at radius 2 is 1.94 bits per heavy atom. The monoisotopic (exact) mass is 288 g/mol. The maximum absolute atomic E-state index is 11.9. The molecular weight excluding hydrogens is 275 g/mol. The highest BCUT2D eigenvalue weighted by molar-refractivity contribution is 6.33. The van der Waals surface area contributed by atoms with Gasteiger partial charge in [0.2, 0.25) is 0 Å². The number of nitrogens with zero attached hydrogens (tertiary/aromatic N) is 2. The summed E-state index contributed by atoms with van der Waals surface area (Å²) in [4.78, 5) is 11.9. The first-order valence-corrected chi connectivity index (χ1v) is 6.71. The summed E-state index contributed by atoms with van der Waals surface area (Å²) >= 11 is 11.5. The van der Waals surface area contributed by atoms with Gasteiger partial charge >= 0.3 is 5.97 Å². The maximum atomic E-state index is 11.9. The first-order valence-electron chi connectivity index (χ1n) is 5.96. The van der Waals surface area contributed by atoms with E-state index >= 15 is 0 Å². The Kier molecular flexibility index (Phi) is 4.40. The molecular formula is C12H14Cl2N2O2. The van der Waals surface area contributed by atoms with Crippen LogP contribution in [0.1, 0.15) is 43.0 Å². The lowest BCUT2D eigenvalue weighted by atomic mass is 9.89. The van der Waals surface area contributed by atoms with Crippen LogP contribution in [0.5, 0.6) is 0 Å². The van der Waals surface area contributed by atoms with Gasteiger partial charge in [-0.1, -0.05) is 30.1 Å². The van der Waals surface area contributed by atoms with Gasteiger partial charge in [-0.05, 0) is 37.7 Å². The first-order chi connectivity index (χ1) is 8.56. The van der Waals surface area contributed by atoms with Crippen LogP contribution in [0.4, 0.5) is 0 Å². The Bertz CT molecular complexity index is 446. The number of carbonyl (C=O) groups excluding carboxylic acids is 1. The van der Waals surface area contributed by atoms with Crippen LogP contribution in [0.3, 0.4) is 0 Å². The minimum atomic E-state index is -0.476. The Morgan fingerprint density at radius 1 is 1.28 bits per heavy atom. The van der Waals surface area contributed by atoms with Crippen molar-refractivity contribution in [3.05, 3.63) is 21.9 Å². The molecule has 0 unspecified atom stereocenters. The van der Waals surface area contributed by atoms with E-state index < -0.39 is 5.97 Å². The zero-order valence-corrected chi connectivity index (χ0v) is 11.5. The number of hydrogen-bond acceptors (Lipinski definition) is 4. The fourth-order valence-electron chi connectivity index (χ4n) is 2.06. The lowest BCUT2D eigenvalue weighted by Gasteiger charge is -2.25. The summed E-state index contributed by atoms with van der Waals surface area (Å²) in [6.45, 7) is 2.21. The normalized spacial score (nSPS) is 23.7. The zero-order chi connectivity index (χ0) is 13.1. The molecule has 18 heavy (non-hydrogen) atoms. The number of carbonyl (C=O) groups is 1. The molecule has 0 aliphatic heterocycles. The Labute approximate surface area is 116 Å². The number of aromatic nitrogens is 2. The molecule has 1 aromatic rings. The van der Waals surface area contributed by atoms with E-state index in [-0.39, 0.29) is 22.0 Å². The molecule has 1 aliphatic rings. The summed E-state index contributed by atoms with van der Waals surface area (Å²) < 4.78 is 5.41. The summed E-state index contributed by atoms with van der Waals surface area (Å²) in [7, 11) is 0. The van der Waals surface area contributed by atoms with Crippen LogP contribution in [0.25, 0.3) is 0 Å². The molecule has 0 amide bonds.